The molecule has 0 radical (unpaired) electrons. The number of rotatable bonds is 1. The van der Waals surface area contributed by atoms with Crippen LogP contribution in [0, 0.1) is 0 Å². The van der Waals surface area contributed by atoms with E-state index in [9.17, 15) is 0 Å². The summed E-state index contributed by atoms with van der Waals surface area (Å²) in [6.45, 7) is 6.03. The quantitative estimate of drug-likeness (QED) is 0.710. The van der Waals surface area contributed by atoms with Crippen LogP contribution in [-0.4, -0.2) is 0 Å². The van der Waals surface area contributed by atoms with Crippen molar-refractivity contribution in [3.05, 3.63) is 40.3 Å². The smallest absolute Gasteiger partial charge is 0.0350 e. The lowest BCUT2D eigenvalue weighted by Gasteiger charge is -2.02. The second-order valence-electron chi connectivity index (χ2n) is 3.13. The molecule has 0 fully saturated rings. The van der Waals surface area contributed by atoms with Crippen LogP contribution in [0.3, 0.4) is 0 Å². The molecule has 0 aliphatic heterocycles. The van der Waals surface area contributed by atoms with Crippen LogP contribution in [-0.2, 0) is 0 Å². The Hall–Kier alpha value is -1.50. The minimum absolute atomic E-state index is 0.835. The van der Waals surface area contributed by atoms with Gasteiger partial charge in [-0.15, -0.1) is 0 Å². The fourth-order valence-corrected chi connectivity index (χ4v) is 1.56. The molecule has 0 aliphatic carbocycles. The highest BCUT2D eigenvalue weighted by Gasteiger charge is 1.97. The second kappa shape index (κ2) is 4.66. The van der Waals surface area contributed by atoms with Crippen molar-refractivity contribution < 1.29 is 0 Å². The van der Waals surface area contributed by atoms with Crippen LogP contribution in [0.15, 0.2) is 24.3 Å². The third-order valence-corrected chi connectivity index (χ3v) is 2.36. The maximum absolute atomic E-state index is 5.92. The van der Waals surface area contributed by atoms with Gasteiger partial charge in [0.05, 0.1) is 0 Å². The van der Waals surface area contributed by atoms with Crippen molar-refractivity contribution in [2.24, 2.45) is 5.73 Å². The van der Waals surface area contributed by atoms with Gasteiger partial charge in [0.15, 0.2) is 0 Å². The molecule has 1 rings (SSSR count). The molecule has 0 heterocycles. The van der Waals surface area contributed by atoms with E-state index in [-0.39, 0.29) is 0 Å². The van der Waals surface area contributed by atoms with Crippen molar-refractivity contribution in [3.8, 4) is 0 Å². The molecular weight excluding hydrogens is 170 g/mol. The van der Waals surface area contributed by atoms with Crippen LogP contribution in [0.5, 0.6) is 0 Å². The molecule has 0 bridgehead atoms. The van der Waals surface area contributed by atoms with E-state index in [0.29, 0.717) is 0 Å². The van der Waals surface area contributed by atoms with Gasteiger partial charge in [-0.05, 0) is 31.2 Å². The summed E-state index contributed by atoms with van der Waals surface area (Å²) in [5.41, 5.74) is 7.87. The topological polar surface area (TPSA) is 26.0 Å². The molecule has 0 aromatic heterocycles. The maximum atomic E-state index is 5.92. The first-order valence-corrected chi connectivity index (χ1v) is 4.88. The fraction of sp³-hybridized carbons (Fsp3) is 0.231. The van der Waals surface area contributed by atoms with Gasteiger partial charge in [0.1, 0.15) is 0 Å². The van der Waals surface area contributed by atoms with Crippen molar-refractivity contribution in [1.29, 1.82) is 0 Å². The summed E-state index contributed by atoms with van der Waals surface area (Å²) in [6, 6.07) is 6.19. The first kappa shape index (κ1) is 10.6. The molecule has 1 nitrogen and oxygen atoms in total. The van der Waals surface area contributed by atoms with Gasteiger partial charge >= 0.3 is 0 Å². The van der Waals surface area contributed by atoms with Crippen LogP contribution >= 0.6 is 0 Å². The lowest BCUT2D eigenvalue weighted by Crippen LogP contribution is -2.28. The van der Waals surface area contributed by atoms with E-state index < -0.39 is 0 Å². The zero-order valence-corrected chi connectivity index (χ0v) is 9.04. The van der Waals surface area contributed by atoms with Gasteiger partial charge in [0.2, 0.25) is 0 Å². The Morgan fingerprint density at radius 1 is 1.14 bits per heavy atom. The minimum atomic E-state index is 0.835. The summed E-state index contributed by atoms with van der Waals surface area (Å²) < 4.78 is 0. The maximum Gasteiger partial charge on any atom is 0.0350 e. The van der Waals surface area contributed by atoms with Gasteiger partial charge < -0.3 is 5.73 Å². The van der Waals surface area contributed by atoms with Crippen molar-refractivity contribution in [3.63, 3.8) is 0 Å². The number of allylic oxidation sites excluding steroid dienone is 1. The van der Waals surface area contributed by atoms with E-state index in [1.54, 1.807) is 0 Å². The number of benzene rings is 1. The summed E-state index contributed by atoms with van der Waals surface area (Å²) in [5.74, 6) is 0. The molecule has 74 valence electrons. The van der Waals surface area contributed by atoms with Crippen LogP contribution in [0.25, 0.3) is 17.8 Å². The molecule has 1 heteroatoms. The molecule has 14 heavy (non-hydrogen) atoms. The van der Waals surface area contributed by atoms with Crippen molar-refractivity contribution >= 4 is 17.8 Å². The van der Waals surface area contributed by atoms with Gasteiger partial charge in [0, 0.05) is 11.3 Å². The fourth-order valence-electron chi connectivity index (χ4n) is 1.56. The Morgan fingerprint density at radius 3 is 2.36 bits per heavy atom. The summed E-state index contributed by atoms with van der Waals surface area (Å²) >= 11 is 0. The number of nitrogens with two attached hydrogens (primary N) is 1. The van der Waals surface area contributed by atoms with Crippen molar-refractivity contribution in [1.82, 2.24) is 0 Å². The molecule has 0 atom stereocenters. The van der Waals surface area contributed by atoms with Gasteiger partial charge in [-0.25, -0.2) is 0 Å². The molecule has 0 amide bonds. The normalized spacial score (nSPS) is 14.9. The third-order valence-electron chi connectivity index (χ3n) is 2.36. The Bertz CT molecular complexity index is 453. The third kappa shape index (κ3) is 1.87. The highest BCUT2D eigenvalue weighted by molar-refractivity contribution is 5.64. The lowest BCUT2D eigenvalue weighted by molar-refractivity contribution is 1.40. The predicted octanol–water partition coefficient (Wildman–Crippen LogP) is 1.61. The second-order valence-corrected chi connectivity index (χ2v) is 3.13. The highest BCUT2D eigenvalue weighted by Crippen LogP contribution is 2.00. The molecule has 2 N–H and O–H groups in total. The SMILES string of the molecule is CC=C(N)c1cccc(=CC)c1=CC. The molecule has 0 unspecified atom stereocenters. The zero-order chi connectivity index (χ0) is 10.6. The van der Waals surface area contributed by atoms with Crippen molar-refractivity contribution in [2.45, 2.75) is 20.8 Å². The zero-order valence-electron chi connectivity index (χ0n) is 9.04. The number of hydrogen-bond acceptors (Lipinski definition) is 1. The molecule has 0 aliphatic rings. The summed E-state index contributed by atoms with van der Waals surface area (Å²) in [5, 5.41) is 2.44. The lowest BCUT2D eigenvalue weighted by atomic mass is 10.1. The molecule has 0 saturated carbocycles. The highest BCUT2D eigenvalue weighted by atomic mass is 14.6. The first-order chi connectivity index (χ1) is 6.74. The summed E-state index contributed by atoms with van der Waals surface area (Å²) in [7, 11) is 0. The molecule has 1 aromatic carbocycles. The standard InChI is InChI=1S/C13H17N/c1-4-10-8-7-9-12(11(10)5-2)13(14)6-3/h4-9H,14H2,1-3H3. The average molecular weight is 187 g/mol. The molecule has 1 aromatic rings. The van der Waals surface area contributed by atoms with Gasteiger partial charge in [-0.3, -0.25) is 0 Å². The van der Waals surface area contributed by atoms with Gasteiger partial charge in [-0.2, -0.15) is 0 Å². The van der Waals surface area contributed by atoms with E-state index in [0.717, 1.165) is 11.3 Å². The Morgan fingerprint density at radius 2 is 1.86 bits per heavy atom. The minimum Gasteiger partial charge on any atom is -0.398 e. The summed E-state index contributed by atoms with van der Waals surface area (Å²) in [6.07, 6.45) is 6.13. The first-order valence-electron chi connectivity index (χ1n) is 4.88. The average Bonchev–Trinajstić information content (AvgIpc) is 2.26. The number of hydrogen-bond donors (Lipinski definition) is 1. The van der Waals surface area contributed by atoms with Gasteiger partial charge in [-0.1, -0.05) is 36.4 Å². The van der Waals surface area contributed by atoms with E-state index in [1.807, 2.05) is 32.9 Å². The Balaban J connectivity index is 3.64. The van der Waals surface area contributed by atoms with E-state index >= 15 is 0 Å². The summed E-state index contributed by atoms with van der Waals surface area (Å²) in [4.78, 5) is 0. The van der Waals surface area contributed by atoms with E-state index in [2.05, 4.69) is 24.3 Å². The Labute approximate surface area is 85.3 Å². The largest absolute Gasteiger partial charge is 0.398 e. The van der Waals surface area contributed by atoms with Gasteiger partial charge in [0.25, 0.3) is 0 Å². The van der Waals surface area contributed by atoms with Crippen LogP contribution < -0.4 is 16.2 Å². The Kier molecular flexibility index (Phi) is 3.52. The van der Waals surface area contributed by atoms with Crippen LogP contribution in [0.4, 0.5) is 0 Å². The van der Waals surface area contributed by atoms with E-state index in [4.69, 9.17) is 5.73 Å². The molecule has 0 saturated heterocycles. The molecule has 0 spiro atoms. The monoisotopic (exact) mass is 187 g/mol. The van der Waals surface area contributed by atoms with Crippen molar-refractivity contribution in [2.75, 3.05) is 0 Å². The molecular formula is C13H17N. The van der Waals surface area contributed by atoms with E-state index in [1.165, 1.54) is 10.4 Å². The predicted molar refractivity (Wildman–Crippen MR) is 63.8 cm³/mol. The van der Waals surface area contributed by atoms with Crippen LogP contribution in [0.1, 0.15) is 26.3 Å². The van der Waals surface area contributed by atoms with Crippen LogP contribution in [0.2, 0.25) is 0 Å².